The highest BCUT2D eigenvalue weighted by molar-refractivity contribution is 7.16. The van der Waals surface area contributed by atoms with E-state index in [0.29, 0.717) is 13.1 Å². The van der Waals surface area contributed by atoms with Crippen LogP contribution in [0.1, 0.15) is 21.9 Å². The summed E-state index contributed by atoms with van der Waals surface area (Å²) in [5.74, 6) is -0.0101. The quantitative estimate of drug-likeness (QED) is 0.358. The number of halogens is 1. The molecule has 1 aliphatic heterocycles. The molecule has 1 amide bonds. The number of fused-ring (bicyclic) bond motifs is 2. The highest BCUT2D eigenvalue weighted by atomic mass is 35.5. The lowest BCUT2D eigenvalue weighted by Crippen LogP contribution is -2.37. The molecule has 148 valence electrons. The second-order valence-electron chi connectivity index (χ2n) is 7.41. The van der Waals surface area contributed by atoms with Gasteiger partial charge >= 0.3 is 0 Å². The molecule has 2 aromatic carbocycles. The lowest BCUT2D eigenvalue weighted by Gasteiger charge is -2.33. The topological polar surface area (TPSA) is 33.2 Å². The second-order valence-corrected chi connectivity index (χ2v) is 9.18. The second kappa shape index (κ2) is 7.71. The summed E-state index contributed by atoms with van der Waals surface area (Å²) in [4.78, 5) is 20.1. The molecule has 30 heavy (non-hydrogen) atoms. The molecule has 0 unspecified atom stereocenters. The van der Waals surface area contributed by atoms with Gasteiger partial charge in [-0.05, 0) is 41.0 Å². The molecule has 2 aromatic heterocycles. The largest absolute Gasteiger partial charge is 0.333 e. The van der Waals surface area contributed by atoms with Crippen molar-refractivity contribution in [2.75, 3.05) is 6.54 Å². The van der Waals surface area contributed by atoms with Gasteiger partial charge in [-0.15, -0.1) is 11.3 Å². The number of rotatable bonds is 3. The molecule has 3 nitrogen and oxygen atoms in total. The summed E-state index contributed by atoms with van der Waals surface area (Å²) in [5, 5.41) is 1.11. The Kier molecular flexibility index (Phi) is 4.89. The minimum absolute atomic E-state index is 0.0454. The van der Waals surface area contributed by atoms with Crippen molar-refractivity contribution in [3.05, 3.63) is 99.9 Å². The molecule has 1 atom stereocenters. The molecular formula is C25H19ClN2OS. The van der Waals surface area contributed by atoms with Crippen molar-refractivity contribution >= 4 is 39.7 Å². The monoisotopic (exact) mass is 430 g/mol. The molecule has 4 aromatic rings. The predicted molar refractivity (Wildman–Crippen MR) is 124 cm³/mol. The number of carbonyl (C=O) groups excluding carboxylic acids is 1. The maximum Gasteiger partial charge on any atom is 0.246 e. The van der Waals surface area contributed by atoms with Gasteiger partial charge in [-0.1, -0.05) is 60.6 Å². The lowest BCUT2D eigenvalue weighted by atomic mass is 9.84. The number of hydrogen-bond donors (Lipinski definition) is 0. The van der Waals surface area contributed by atoms with Crippen LogP contribution < -0.4 is 0 Å². The van der Waals surface area contributed by atoms with Gasteiger partial charge in [0.05, 0.1) is 16.4 Å². The molecular weight excluding hydrogens is 412 g/mol. The first kappa shape index (κ1) is 19.0. The van der Waals surface area contributed by atoms with Gasteiger partial charge in [0.25, 0.3) is 0 Å². The Labute approximate surface area is 184 Å². The normalized spacial score (nSPS) is 15.8. The van der Waals surface area contributed by atoms with Crippen LogP contribution >= 0.6 is 22.9 Å². The third kappa shape index (κ3) is 3.32. The standard InChI is InChI=1S/C25H19ClN2OS/c1-2-25(29)28-14-21(20-12-24(26)30-23(20)15-28)19-9-5-4-8-18(19)17-11-16-7-3-6-10-22(16)27-13-17/h2-13,21H,1,14-15H2/t21-/m1/s1. The molecule has 3 heterocycles. The van der Waals surface area contributed by atoms with Gasteiger partial charge in [0.1, 0.15) is 0 Å². The van der Waals surface area contributed by atoms with E-state index in [1.54, 1.807) is 11.3 Å². The summed E-state index contributed by atoms with van der Waals surface area (Å²) in [6, 6.07) is 20.7. The number of amides is 1. The molecule has 0 N–H and O–H groups in total. The Balaban J connectivity index is 1.65. The number of benzene rings is 2. The minimum atomic E-state index is -0.0555. The van der Waals surface area contributed by atoms with E-state index in [0.717, 1.165) is 31.2 Å². The molecule has 0 fully saturated rings. The molecule has 0 radical (unpaired) electrons. The molecule has 5 heteroatoms. The van der Waals surface area contributed by atoms with Crippen LogP contribution in [0.4, 0.5) is 0 Å². The zero-order chi connectivity index (χ0) is 20.7. The number of aromatic nitrogens is 1. The Hall–Kier alpha value is -2.95. The van der Waals surface area contributed by atoms with E-state index in [2.05, 4.69) is 48.0 Å². The zero-order valence-electron chi connectivity index (χ0n) is 16.2. The number of nitrogens with zero attached hydrogens (tertiary/aromatic N) is 2. The number of thiophene rings is 1. The maximum absolute atomic E-state index is 12.4. The number of carbonyl (C=O) groups is 1. The molecule has 5 rings (SSSR count). The van der Waals surface area contributed by atoms with Crippen LogP contribution in [-0.2, 0) is 11.3 Å². The maximum atomic E-state index is 12.4. The van der Waals surface area contributed by atoms with Gasteiger partial charge in [-0.3, -0.25) is 9.78 Å². The Bertz CT molecular complexity index is 1280. The van der Waals surface area contributed by atoms with E-state index in [9.17, 15) is 4.79 Å². The van der Waals surface area contributed by atoms with E-state index in [1.807, 2.05) is 35.4 Å². The van der Waals surface area contributed by atoms with Crippen LogP contribution in [0.15, 0.2) is 79.5 Å². The van der Waals surface area contributed by atoms with Crippen molar-refractivity contribution in [2.45, 2.75) is 12.5 Å². The SMILES string of the molecule is C=CC(=O)N1Cc2sc(Cl)cc2[C@@H](c2ccccc2-c2cnc3ccccc3c2)C1. The van der Waals surface area contributed by atoms with Gasteiger partial charge in [0.15, 0.2) is 0 Å². The van der Waals surface area contributed by atoms with Crippen molar-refractivity contribution in [3.63, 3.8) is 0 Å². The average molecular weight is 431 g/mol. The molecule has 0 saturated carbocycles. The summed E-state index contributed by atoms with van der Waals surface area (Å²) >= 11 is 7.92. The van der Waals surface area contributed by atoms with Gasteiger partial charge in [0.2, 0.25) is 5.91 Å². The van der Waals surface area contributed by atoms with Gasteiger partial charge in [0, 0.05) is 34.5 Å². The first-order chi connectivity index (χ1) is 14.6. The fourth-order valence-electron chi connectivity index (χ4n) is 4.23. The Morgan fingerprint density at radius 2 is 1.93 bits per heavy atom. The zero-order valence-corrected chi connectivity index (χ0v) is 17.8. The fraction of sp³-hybridized carbons (Fsp3) is 0.120. The van der Waals surface area contributed by atoms with Crippen LogP contribution in [-0.4, -0.2) is 22.3 Å². The molecule has 1 aliphatic rings. The van der Waals surface area contributed by atoms with Crippen LogP contribution in [0.25, 0.3) is 22.0 Å². The first-order valence-corrected chi connectivity index (χ1v) is 11.0. The Morgan fingerprint density at radius 1 is 1.13 bits per heavy atom. The first-order valence-electron chi connectivity index (χ1n) is 9.77. The highest BCUT2D eigenvalue weighted by Crippen LogP contribution is 2.43. The number of pyridine rings is 1. The van der Waals surface area contributed by atoms with Gasteiger partial charge in [-0.2, -0.15) is 0 Å². The smallest absolute Gasteiger partial charge is 0.246 e. The summed E-state index contributed by atoms with van der Waals surface area (Å²) in [5.41, 5.74) is 5.55. The van der Waals surface area contributed by atoms with E-state index in [4.69, 9.17) is 11.6 Å². The number of hydrogen-bond acceptors (Lipinski definition) is 3. The Morgan fingerprint density at radius 3 is 2.80 bits per heavy atom. The lowest BCUT2D eigenvalue weighted by molar-refractivity contribution is -0.127. The molecule has 0 bridgehead atoms. The van der Waals surface area contributed by atoms with Crippen molar-refractivity contribution < 1.29 is 4.79 Å². The summed E-state index contributed by atoms with van der Waals surface area (Å²) in [6.45, 7) is 4.84. The van der Waals surface area contributed by atoms with Crippen molar-refractivity contribution in [1.82, 2.24) is 9.88 Å². The van der Waals surface area contributed by atoms with Crippen molar-refractivity contribution in [3.8, 4) is 11.1 Å². The van der Waals surface area contributed by atoms with Crippen LogP contribution in [0, 0.1) is 0 Å². The molecule has 0 saturated heterocycles. The van der Waals surface area contributed by atoms with Crippen LogP contribution in [0.3, 0.4) is 0 Å². The molecule has 0 aliphatic carbocycles. The third-order valence-corrected chi connectivity index (χ3v) is 6.91. The third-order valence-electron chi connectivity index (χ3n) is 5.65. The van der Waals surface area contributed by atoms with E-state index in [-0.39, 0.29) is 11.8 Å². The average Bonchev–Trinajstić information content (AvgIpc) is 3.17. The van der Waals surface area contributed by atoms with E-state index < -0.39 is 0 Å². The highest BCUT2D eigenvalue weighted by Gasteiger charge is 2.31. The molecule has 0 spiro atoms. The fourth-order valence-corrected chi connectivity index (χ4v) is 5.59. The van der Waals surface area contributed by atoms with Gasteiger partial charge < -0.3 is 4.90 Å². The van der Waals surface area contributed by atoms with Crippen molar-refractivity contribution in [2.24, 2.45) is 0 Å². The van der Waals surface area contributed by atoms with Crippen LogP contribution in [0.5, 0.6) is 0 Å². The summed E-state index contributed by atoms with van der Waals surface area (Å²) in [7, 11) is 0. The summed E-state index contributed by atoms with van der Waals surface area (Å²) in [6.07, 6.45) is 3.31. The van der Waals surface area contributed by atoms with Crippen LogP contribution in [0.2, 0.25) is 4.34 Å². The van der Waals surface area contributed by atoms with Gasteiger partial charge in [-0.25, -0.2) is 0 Å². The predicted octanol–water partition coefficient (Wildman–Crippen LogP) is 6.28. The number of para-hydroxylation sites is 1. The van der Waals surface area contributed by atoms with E-state index in [1.165, 1.54) is 17.2 Å². The van der Waals surface area contributed by atoms with Crippen molar-refractivity contribution in [1.29, 1.82) is 0 Å². The summed E-state index contributed by atoms with van der Waals surface area (Å²) < 4.78 is 0.753. The van der Waals surface area contributed by atoms with E-state index >= 15 is 0 Å². The minimum Gasteiger partial charge on any atom is -0.333 e.